The van der Waals surface area contributed by atoms with Gasteiger partial charge in [0.1, 0.15) is 14.2 Å². The van der Waals surface area contributed by atoms with Crippen LogP contribution in [0, 0.1) is 17.4 Å². The van der Waals surface area contributed by atoms with Crippen LogP contribution in [0.25, 0.3) is 0 Å². The second kappa shape index (κ2) is 7.74. The molecule has 0 aliphatic heterocycles. The summed E-state index contributed by atoms with van der Waals surface area (Å²) < 4.78 is 0. The van der Waals surface area contributed by atoms with Gasteiger partial charge in [-0.25, -0.2) is 0 Å². The molecule has 0 bridgehead atoms. The first-order chi connectivity index (χ1) is 7.70. The topological polar surface area (TPSA) is 20.2 Å². The van der Waals surface area contributed by atoms with Crippen molar-refractivity contribution < 1.29 is 5.11 Å². The normalized spacial score (nSPS) is 14.5. The van der Waals surface area contributed by atoms with Crippen molar-refractivity contribution in [3.63, 3.8) is 0 Å². The summed E-state index contributed by atoms with van der Waals surface area (Å²) >= 11 is 0. The Hall–Kier alpha value is -0.523. The Morgan fingerprint density at radius 2 is 1.88 bits per heavy atom. The third-order valence-corrected chi connectivity index (χ3v) is 3.35. The Kier molecular flexibility index (Phi) is 7.50. The second-order valence-corrected chi connectivity index (χ2v) is 11.0. The molecule has 0 aromatic carbocycles. The maximum Gasteiger partial charge on any atom is 0.129 e. The fourth-order valence-corrected chi connectivity index (χ4v) is 2.11. The van der Waals surface area contributed by atoms with Gasteiger partial charge in [0.15, 0.2) is 0 Å². The highest BCUT2D eigenvalue weighted by Gasteiger charge is 2.10. The van der Waals surface area contributed by atoms with Gasteiger partial charge >= 0.3 is 0 Å². The molecule has 2 atom stereocenters. The van der Waals surface area contributed by atoms with E-state index in [1.807, 2.05) is 0 Å². The van der Waals surface area contributed by atoms with Gasteiger partial charge in [0.05, 0.1) is 0 Å². The van der Waals surface area contributed by atoms with E-state index in [4.69, 9.17) is 0 Å². The largest absolute Gasteiger partial charge is 0.380 e. The van der Waals surface area contributed by atoms with Crippen molar-refractivity contribution in [3.8, 4) is 11.5 Å². The highest BCUT2D eigenvalue weighted by atomic mass is 28.3. The molecule has 2 heteroatoms. The van der Waals surface area contributed by atoms with E-state index < -0.39 is 14.2 Å². The van der Waals surface area contributed by atoms with Crippen LogP contribution in [-0.4, -0.2) is 19.3 Å². The maximum atomic E-state index is 9.82. The van der Waals surface area contributed by atoms with Crippen molar-refractivity contribution in [2.24, 2.45) is 5.92 Å². The number of aliphatic hydroxyl groups is 1. The van der Waals surface area contributed by atoms with Crippen molar-refractivity contribution in [3.05, 3.63) is 11.6 Å². The van der Waals surface area contributed by atoms with Crippen LogP contribution in [-0.2, 0) is 0 Å². The zero-order valence-corrected chi connectivity index (χ0v) is 13.3. The van der Waals surface area contributed by atoms with Crippen LogP contribution in [0.4, 0.5) is 0 Å². The van der Waals surface area contributed by atoms with E-state index in [9.17, 15) is 5.11 Å². The molecule has 0 spiro atoms. The van der Waals surface area contributed by atoms with Gasteiger partial charge in [-0.1, -0.05) is 44.1 Å². The van der Waals surface area contributed by atoms with Crippen molar-refractivity contribution in [2.45, 2.75) is 65.8 Å². The molecule has 0 heterocycles. The van der Waals surface area contributed by atoms with Gasteiger partial charge in [-0.05, 0) is 39.0 Å². The zero-order valence-electron chi connectivity index (χ0n) is 12.3. The first-order valence-corrected chi connectivity index (χ1v) is 10.0. The number of aliphatic hydroxyl groups excluding tert-OH is 1. The molecule has 0 fully saturated rings. The SMILES string of the molecule is CC(C)=CCC[C@H](C)C[C@H](O)C#C[Si](C)(C)C. The monoisotopic (exact) mass is 252 g/mol. The van der Waals surface area contributed by atoms with Gasteiger partial charge < -0.3 is 5.11 Å². The van der Waals surface area contributed by atoms with Crippen molar-refractivity contribution in [2.75, 3.05) is 0 Å². The summed E-state index contributed by atoms with van der Waals surface area (Å²) in [5.41, 5.74) is 4.60. The summed E-state index contributed by atoms with van der Waals surface area (Å²) in [6, 6.07) is 0. The molecule has 0 aromatic rings. The maximum absolute atomic E-state index is 9.82. The minimum absolute atomic E-state index is 0.441. The number of allylic oxidation sites excluding steroid dienone is 2. The average molecular weight is 252 g/mol. The Morgan fingerprint density at radius 3 is 2.35 bits per heavy atom. The molecule has 0 radical (unpaired) electrons. The molecule has 0 unspecified atom stereocenters. The number of hydrogen-bond acceptors (Lipinski definition) is 1. The third kappa shape index (κ3) is 11.7. The Bertz CT molecular complexity index is 297. The Balaban J connectivity index is 3.99. The van der Waals surface area contributed by atoms with Crippen LogP contribution in [0.3, 0.4) is 0 Å². The Morgan fingerprint density at radius 1 is 1.29 bits per heavy atom. The summed E-state index contributed by atoms with van der Waals surface area (Å²) in [5.74, 6) is 3.54. The first kappa shape index (κ1) is 16.5. The molecular formula is C15H28OSi. The van der Waals surface area contributed by atoms with Crippen LogP contribution in [0.1, 0.15) is 40.0 Å². The predicted octanol–water partition coefficient (Wildman–Crippen LogP) is 4.00. The molecule has 98 valence electrons. The molecule has 17 heavy (non-hydrogen) atoms. The van der Waals surface area contributed by atoms with E-state index in [2.05, 4.69) is 58.0 Å². The third-order valence-electron chi connectivity index (χ3n) is 2.45. The Labute approximate surface area is 108 Å². The standard InChI is InChI=1S/C15H28OSi/c1-13(2)8-7-9-14(3)12-15(16)10-11-17(4,5)6/h8,14-16H,7,9,12H2,1-6H3/t14-,15+/m0/s1. The number of rotatable bonds is 5. The van der Waals surface area contributed by atoms with Gasteiger partial charge in [0.25, 0.3) is 0 Å². The van der Waals surface area contributed by atoms with Crippen LogP contribution >= 0.6 is 0 Å². The lowest BCUT2D eigenvalue weighted by Gasteiger charge is -2.12. The van der Waals surface area contributed by atoms with E-state index >= 15 is 0 Å². The van der Waals surface area contributed by atoms with Crippen LogP contribution in [0.15, 0.2) is 11.6 Å². The minimum Gasteiger partial charge on any atom is -0.380 e. The summed E-state index contributed by atoms with van der Waals surface area (Å²) in [6.07, 6.45) is 4.86. The quantitative estimate of drug-likeness (QED) is 0.445. The molecule has 0 saturated carbocycles. The van der Waals surface area contributed by atoms with Gasteiger partial charge in [-0.15, -0.1) is 5.54 Å². The lowest BCUT2D eigenvalue weighted by atomic mass is 9.98. The van der Waals surface area contributed by atoms with Gasteiger partial charge in [0.2, 0.25) is 0 Å². The molecule has 0 rings (SSSR count). The predicted molar refractivity (Wildman–Crippen MR) is 79.6 cm³/mol. The smallest absolute Gasteiger partial charge is 0.129 e. The minimum atomic E-state index is -1.34. The number of hydrogen-bond donors (Lipinski definition) is 1. The average Bonchev–Trinajstić information content (AvgIpc) is 2.13. The highest BCUT2D eigenvalue weighted by molar-refractivity contribution is 6.83. The van der Waals surface area contributed by atoms with Gasteiger partial charge in [-0.3, -0.25) is 0 Å². The van der Waals surface area contributed by atoms with Crippen LogP contribution in [0.5, 0.6) is 0 Å². The van der Waals surface area contributed by atoms with E-state index in [-0.39, 0.29) is 0 Å². The van der Waals surface area contributed by atoms with Gasteiger partial charge in [-0.2, -0.15) is 0 Å². The molecular weight excluding hydrogens is 224 g/mol. The molecule has 0 aliphatic carbocycles. The first-order valence-electron chi connectivity index (χ1n) is 6.55. The van der Waals surface area contributed by atoms with E-state index in [0.29, 0.717) is 5.92 Å². The summed E-state index contributed by atoms with van der Waals surface area (Å²) in [6.45, 7) is 13.0. The molecule has 0 amide bonds. The summed E-state index contributed by atoms with van der Waals surface area (Å²) in [7, 11) is -1.34. The lowest BCUT2D eigenvalue weighted by molar-refractivity contribution is 0.197. The molecule has 0 aliphatic rings. The lowest BCUT2D eigenvalue weighted by Crippen LogP contribution is -2.18. The highest BCUT2D eigenvalue weighted by Crippen LogP contribution is 2.14. The second-order valence-electron chi connectivity index (χ2n) is 6.23. The fraction of sp³-hybridized carbons (Fsp3) is 0.733. The van der Waals surface area contributed by atoms with Gasteiger partial charge in [0, 0.05) is 0 Å². The van der Waals surface area contributed by atoms with E-state index in [1.165, 1.54) is 5.57 Å². The molecule has 1 N–H and O–H groups in total. The molecule has 0 aromatic heterocycles. The fourth-order valence-electron chi connectivity index (χ4n) is 1.51. The zero-order chi connectivity index (χ0) is 13.5. The summed E-state index contributed by atoms with van der Waals surface area (Å²) in [4.78, 5) is 0. The molecule has 0 saturated heterocycles. The van der Waals surface area contributed by atoms with Crippen LogP contribution in [0.2, 0.25) is 19.6 Å². The molecule has 1 nitrogen and oxygen atoms in total. The summed E-state index contributed by atoms with van der Waals surface area (Å²) in [5, 5.41) is 9.82. The van der Waals surface area contributed by atoms with E-state index in [1.54, 1.807) is 0 Å². The van der Waals surface area contributed by atoms with Crippen LogP contribution < -0.4 is 0 Å². The van der Waals surface area contributed by atoms with Crippen molar-refractivity contribution >= 4 is 8.07 Å². The van der Waals surface area contributed by atoms with E-state index in [0.717, 1.165) is 19.3 Å². The van der Waals surface area contributed by atoms with Crippen molar-refractivity contribution in [1.29, 1.82) is 0 Å². The van der Waals surface area contributed by atoms with Crippen molar-refractivity contribution in [1.82, 2.24) is 0 Å².